The van der Waals surface area contributed by atoms with E-state index in [1.54, 1.807) is 18.2 Å². The third kappa shape index (κ3) is 2.86. The van der Waals surface area contributed by atoms with E-state index in [1.165, 1.54) is 6.07 Å². The molecule has 1 aromatic heterocycles. The number of nitrogens with zero attached hydrogens (tertiary/aromatic N) is 2. The number of likely N-dealkylation sites (N-methyl/N-ethyl adjacent to an activating group) is 1. The summed E-state index contributed by atoms with van der Waals surface area (Å²) < 4.78 is 10.5. The quantitative estimate of drug-likeness (QED) is 0.934. The molecule has 0 radical (unpaired) electrons. The van der Waals surface area contributed by atoms with E-state index < -0.39 is 5.97 Å². The van der Waals surface area contributed by atoms with Gasteiger partial charge in [0.15, 0.2) is 0 Å². The predicted octanol–water partition coefficient (Wildman–Crippen LogP) is 2.39. The van der Waals surface area contributed by atoms with Gasteiger partial charge in [0.1, 0.15) is 17.5 Å². The van der Waals surface area contributed by atoms with Gasteiger partial charge >= 0.3 is 5.97 Å². The SMILES string of the molecule is CN1CC(Oc2ccc(-c3cc(C(=O)O)on3)cc2Cl)C1. The predicted molar refractivity (Wildman–Crippen MR) is 75.8 cm³/mol. The molecule has 0 aliphatic carbocycles. The molecule has 0 atom stereocenters. The fourth-order valence-electron chi connectivity index (χ4n) is 2.16. The Morgan fingerprint density at radius 3 is 2.81 bits per heavy atom. The second kappa shape index (κ2) is 5.38. The summed E-state index contributed by atoms with van der Waals surface area (Å²) in [7, 11) is 2.02. The Bertz CT molecular complexity index is 679. The Labute approximate surface area is 125 Å². The second-order valence-corrected chi connectivity index (χ2v) is 5.40. The molecule has 0 unspecified atom stereocenters. The molecule has 1 N–H and O–H groups in total. The van der Waals surface area contributed by atoms with Gasteiger partial charge in [-0.3, -0.25) is 4.90 Å². The van der Waals surface area contributed by atoms with Crippen molar-refractivity contribution >= 4 is 17.6 Å². The highest BCUT2D eigenvalue weighted by atomic mass is 35.5. The molecular weight excluding hydrogens is 296 g/mol. The lowest BCUT2D eigenvalue weighted by Gasteiger charge is -2.36. The van der Waals surface area contributed by atoms with Crippen LogP contribution in [0.3, 0.4) is 0 Å². The normalized spacial score (nSPS) is 15.7. The average Bonchev–Trinajstić information content (AvgIpc) is 2.89. The van der Waals surface area contributed by atoms with Crippen LogP contribution < -0.4 is 4.74 Å². The van der Waals surface area contributed by atoms with Crippen molar-refractivity contribution < 1.29 is 19.2 Å². The van der Waals surface area contributed by atoms with Crippen LogP contribution in [0.4, 0.5) is 0 Å². The number of likely N-dealkylation sites (tertiary alicyclic amines) is 1. The van der Waals surface area contributed by atoms with E-state index in [-0.39, 0.29) is 11.9 Å². The lowest BCUT2D eigenvalue weighted by molar-refractivity contribution is 0.0389. The maximum absolute atomic E-state index is 10.8. The first-order valence-electron chi connectivity index (χ1n) is 6.38. The monoisotopic (exact) mass is 308 g/mol. The number of halogens is 1. The van der Waals surface area contributed by atoms with Crippen molar-refractivity contribution in [2.24, 2.45) is 0 Å². The Morgan fingerprint density at radius 2 is 2.24 bits per heavy atom. The van der Waals surface area contributed by atoms with Gasteiger partial charge in [0, 0.05) is 24.7 Å². The second-order valence-electron chi connectivity index (χ2n) is 4.99. The minimum atomic E-state index is -1.16. The number of carboxylic acids is 1. The molecule has 1 aliphatic heterocycles. The molecule has 0 amide bonds. The van der Waals surface area contributed by atoms with Crippen LogP contribution in [0.15, 0.2) is 28.8 Å². The van der Waals surface area contributed by atoms with Gasteiger partial charge in [-0.15, -0.1) is 0 Å². The van der Waals surface area contributed by atoms with Crippen molar-refractivity contribution in [1.82, 2.24) is 10.1 Å². The summed E-state index contributed by atoms with van der Waals surface area (Å²) in [5.41, 5.74) is 1.10. The maximum atomic E-state index is 10.8. The number of carbonyl (C=O) groups is 1. The standard InChI is InChI=1S/C14H13ClN2O4/c1-17-6-9(7-17)20-12-3-2-8(4-10(12)15)11-5-13(14(18)19)21-16-11/h2-5,9H,6-7H2,1H3,(H,18,19). The Balaban J connectivity index is 1.78. The Morgan fingerprint density at radius 1 is 1.48 bits per heavy atom. The number of rotatable bonds is 4. The summed E-state index contributed by atoms with van der Waals surface area (Å²) in [6.45, 7) is 1.76. The number of aromatic carboxylic acids is 1. The Hall–Kier alpha value is -2.05. The summed E-state index contributed by atoms with van der Waals surface area (Å²) in [6.07, 6.45) is 0.156. The molecule has 2 heterocycles. The van der Waals surface area contributed by atoms with E-state index in [0.29, 0.717) is 22.0 Å². The lowest BCUT2D eigenvalue weighted by Crippen LogP contribution is -2.51. The molecule has 110 valence electrons. The largest absolute Gasteiger partial charge is 0.486 e. The van der Waals surface area contributed by atoms with Crippen LogP contribution in [0.25, 0.3) is 11.3 Å². The number of hydrogen-bond donors (Lipinski definition) is 1. The van der Waals surface area contributed by atoms with Crippen LogP contribution >= 0.6 is 11.6 Å². The van der Waals surface area contributed by atoms with Crippen LogP contribution in [0.5, 0.6) is 5.75 Å². The van der Waals surface area contributed by atoms with Crippen molar-refractivity contribution in [1.29, 1.82) is 0 Å². The molecule has 1 saturated heterocycles. The van der Waals surface area contributed by atoms with E-state index in [1.807, 2.05) is 7.05 Å². The van der Waals surface area contributed by atoms with Gasteiger partial charge in [0.05, 0.1) is 5.02 Å². The fourth-order valence-corrected chi connectivity index (χ4v) is 2.39. The summed E-state index contributed by atoms with van der Waals surface area (Å²) in [4.78, 5) is 12.9. The summed E-state index contributed by atoms with van der Waals surface area (Å²) in [6, 6.07) is 6.57. The zero-order valence-electron chi connectivity index (χ0n) is 11.2. The minimum absolute atomic E-state index is 0.156. The number of hydrogen-bond acceptors (Lipinski definition) is 5. The molecule has 2 aromatic rings. The lowest BCUT2D eigenvalue weighted by atomic mass is 10.1. The third-order valence-electron chi connectivity index (χ3n) is 3.27. The van der Waals surface area contributed by atoms with E-state index in [4.69, 9.17) is 26.0 Å². The highest BCUT2D eigenvalue weighted by Gasteiger charge is 2.25. The molecular formula is C14H13ClN2O4. The number of benzene rings is 1. The van der Waals surface area contributed by atoms with Gasteiger partial charge in [-0.05, 0) is 25.2 Å². The van der Waals surface area contributed by atoms with Gasteiger partial charge in [-0.1, -0.05) is 16.8 Å². The number of ether oxygens (including phenoxy) is 1. The first-order chi connectivity index (χ1) is 10.0. The van der Waals surface area contributed by atoms with E-state index >= 15 is 0 Å². The molecule has 6 nitrogen and oxygen atoms in total. The van der Waals surface area contributed by atoms with Gasteiger partial charge in [-0.25, -0.2) is 4.79 Å². The summed E-state index contributed by atoms with van der Waals surface area (Å²) >= 11 is 6.20. The van der Waals surface area contributed by atoms with E-state index in [9.17, 15) is 4.79 Å². The molecule has 0 bridgehead atoms. The van der Waals surface area contributed by atoms with Crippen molar-refractivity contribution in [3.8, 4) is 17.0 Å². The zero-order valence-corrected chi connectivity index (χ0v) is 12.0. The molecule has 3 rings (SSSR count). The highest BCUT2D eigenvalue weighted by molar-refractivity contribution is 6.32. The molecule has 7 heteroatoms. The fraction of sp³-hybridized carbons (Fsp3) is 0.286. The van der Waals surface area contributed by atoms with Crippen molar-refractivity contribution in [2.45, 2.75) is 6.10 Å². The van der Waals surface area contributed by atoms with Gasteiger partial charge in [0.2, 0.25) is 5.76 Å². The minimum Gasteiger partial charge on any atom is -0.486 e. The number of carboxylic acid groups (broad SMARTS) is 1. The first kappa shape index (κ1) is 13.9. The molecule has 1 aliphatic rings. The number of aromatic nitrogens is 1. The van der Waals surface area contributed by atoms with Crippen molar-refractivity contribution in [2.75, 3.05) is 20.1 Å². The summed E-state index contributed by atoms with van der Waals surface area (Å²) in [5.74, 6) is -0.756. The summed E-state index contributed by atoms with van der Waals surface area (Å²) in [5, 5.41) is 13.0. The van der Waals surface area contributed by atoms with Crippen LogP contribution in [0, 0.1) is 0 Å². The van der Waals surface area contributed by atoms with Crippen LogP contribution in [-0.2, 0) is 0 Å². The van der Waals surface area contributed by atoms with E-state index in [0.717, 1.165) is 13.1 Å². The smallest absolute Gasteiger partial charge is 0.374 e. The topological polar surface area (TPSA) is 75.8 Å². The van der Waals surface area contributed by atoms with E-state index in [2.05, 4.69) is 10.1 Å². The third-order valence-corrected chi connectivity index (χ3v) is 3.57. The Kier molecular flexibility index (Phi) is 3.57. The molecule has 21 heavy (non-hydrogen) atoms. The van der Waals surface area contributed by atoms with Crippen LogP contribution in [0.1, 0.15) is 10.6 Å². The maximum Gasteiger partial charge on any atom is 0.374 e. The van der Waals surface area contributed by atoms with Crippen molar-refractivity contribution in [3.05, 3.63) is 35.0 Å². The van der Waals surface area contributed by atoms with Gasteiger partial charge in [-0.2, -0.15) is 0 Å². The molecule has 0 saturated carbocycles. The first-order valence-corrected chi connectivity index (χ1v) is 6.76. The zero-order chi connectivity index (χ0) is 15.0. The molecule has 1 aromatic carbocycles. The average molecular weight is 309 g/mol. The van der Waals surface area contributed by atoms with Crippen LogP contribution in [-0.4, -0.2) is 47.4 Å². The van der Waals surface area contributed by atoms with Crippen LogP contribution in [0.2, 0.25) is 5.02 Å². The molecule has 0 spiro atoms. The van der Waals surface area contributed by atoms with Crippen molar-refractivity contribution in [3.63, 3.8) is 0 Å². The highest BCUT2D eigenvalue weighted by Crippen LogP contribution is 2.31. The van der Waals surface area contributed by atoms with Gasteiger partial charge in [0.25, 0.3) is 0 Å². The van der Waals surface area contributed by atoms with Gasteiger partial charge < -0.3 is 14.4 Å². The molecule has 1 fully saturated rings.